The van der Waals surface area contributed by atoms with Gasteiger partial charge in [0.2, 0.25) is 11.8 Å². The van der Waals surface area contributed by atoms with Crippen molar-refractivity contribution in [2.75, 3.05) is 62.2 Å². The molecule has 3 saturated heterocycles. The molecule has 16 heteroatoms. The minimum atomic E-state index is -4.33. The van der Waals surface area contributed by atoms with Gasteiger partial charge in [-0.15, -0.1) is 0 Å². The van der Waals surface area contributed by atoms with Gasteiger partial charge in [0.15, 0.2) is 0 Å². The first kappa shape index (κ1) is 38.7. The summed E-state index contributed by atoms with van der Waals surface area (Å²) in [6.45, 7) is 7.46. The van der Waals surface area contributed by atoms with Crippen LogP contribution in [-0.4, -0.2) is 124 Å². The summed E-state index contributed by atoms with van der Waals surface area (Å²) in [5.41, 5.74) is 6.29. The Kier molecular flexibility index (Phi) is 9.15. The maximum atomic E-state index is 13.9. The van der Waals surface area contributed by atoms with Crippen LogP contribution in [-0.2, 0) is 22.6 Å². The molecule has 4 atom stereocenters. The number of pyridine rings is 1. The number of benzene rings is 2. The molecule has 320 valence electrons. The van der Waals surface area contributed by atoms with Crippen LogP contribution in [0.1, 0.15) is 84.1 Å². The molecule has 11 rings (SSSR count). The molecule has 4 fully saturated rings. The number of aromatic nitrogens is 3. The zero-order valence-corrected chi connectivity index (χ0v) is 34.2. The zero-order valence-electron chi connectivity index (χ0n) is 34.2. The lowest BCUT2D eigenvalue weighted by Gasteiger charge is -2.54. The second-order valence-electron chi connectivity index (χ2n) is 18.7. The van der Waals surface area contributed by atoms with Crippen molar-refractivity contribution in [3.05, 3.63) is 76.6 Å². The summed E-state index contributed by atoms with van der Waals surface area (Å²) in [6.07, 6.45) is 5.04. The number of nitrogens with one attached hydrogen (secondary N) is 2. The number of fused-ring (bicyclic) bond motifs is 8. The topological polar surface area (TPSA) is 130 Å². The highest BCUT2D eigenvalue weighted by atomic mass is 19.4. The summed E-state index contributed by atoms with van der Waals surface area (Å²) < 4.78 is 48.2. The highest BCUT2D eigenvalue weighted by molar-refractivity contribution is 6.06. The summed E-state index contributed by atoms with van der Waals surface area (Å²) in [5.74, 6) is 1.37. The Morgan fingerprint density at radius 2 is 1.79 bits per heavy atom. The molecular weight excluding hydrogens is 788 g/mol. The van der Waals surface area contributed by atoms with Crippen molar-refractivity contribution in [2.45, 2.75) is 88.8 Å². The molecule has 8 heterocycles. The summed E-state index contributed by atoms with van der Waals surface area (Å²) in [4.78, 5) is 53.1. The van der Waals surface area contributed by atoms with Gasteiger partial charge in [-0.05, 0) is 92.3 Å². The number of alkyl halides is 3. The van der Waals surface area contributed by atoms with Gasteiger partial charge in [-0.25, -0.2) is 4.98 Å². The number of amides is 3. The van der Waals surface area contributed by atoms with Crippen LogP contribution in [0.5, 0.6) is 5.75 Å². The minimum Gasteiger partial charge on any atom is -0.489 e. The Morgan fingerprint density at radius 1 is 0.951 bits per heavy atom. The Labute approximate surface area is 351 Å². The third kappa shape index (κ3) is 6.71. The number of rotatable bonds is 6. The van der Waals surface area contributed by atoms with E-state index in [0.717, 1.165) is 89.7 Å². The number of anilines is 2. The lowest BCUT2D eigenvalue weighted by Crippen LogP contribution is -2.59. The van der Waals surface area contributed by atoms with E-state index in [4.69, 9.17) is 9.72 Å². The number of halogens is 3. The molecule has 1 spiro atoms. The van der Waals surface area contributed by atoms with Crippen LogP contribution in [0.25, 0.3) is 10.9 Å². The maximum Gasteiger partial charge on any atom is 0.401 e. The van der Waals surface area contributed by atoms with E-state index < -0.39 is 30.7 Å². The van der Waals surface area contributed by atoms with Crippen molar-refractivity contribution in [3.63, 3.8) is 0 Å². The van der Waals surface area contributed by atoms with Crippen LogP contribution < -0.4 is 19.9 Å². The Balaban J connectivity index is 0.694. The number of hydrogen-bond donors (Lipinski definition) is 2. The molecule has 2 aromatic carbocycles. The first-order valence-electron chi connectivity index (χ1n) is 21.8. The van der Waals surface area contributed by atoms with Crippen molar-refractivity contribution in [3.8, 4) is 5.75 Å². The van der Waals surface area contributed by atoms with E-state index in [9.17, 15) is 27.6 Å². The lowest BCUT2D eigenvalue weighted by atomic mass is 9.66. The normalized spacial score (nSPS) is 26.8. The number of H-pyrrole nitrogens is 1. The number of ether oxygens (including phenoxy) is 1. The van der Waals surface area contributed by atoms with E-state index in [1.165, 1.54) is 25.7 Å². The number of imide groups is 1. The van der Waals surface area contributed by atoms with Gasteiger partial charge in [0, 0.05) is 79.9 Å². The fourth-order valence-electron chi connectivity index (χ4n) is 11.8. The SMILES string of the molecule is C[C@@H]1Cc2c(ccc3[nH]ncc23)[C@@H](c2ccc(N3CC4(CCC(CN5CCN6c7ccc8c(c7OC[C@H]6C5)CN([C@H]5CCC(=O)NC5=O)C8=O)CC4)C3)nc2)N1CC(F)(F)F. The highest BCUT2D eigenvalue weighted by Crippen LogP contribution is 2.49. The van der Waals surface area contributed by atoms with Crippen LogP contribution >= 0.6 is 0 Å². The number of piperidine rings is 1. The summed E-state index contributed by atoms with van der Waals surface area (Å²) >= 11 is 0. The molecule has 1 saturated carbocycles. The van der Waals surface area contributed by atoms with E-state index in [2.05, 4.69) is 30.2 Å². The van der Waals surface area contributed by atoms with Gasteiger partial charge in [0.05, 0.1) is 42.6 Å². The van der Waals surface area contributed by atoms with E-state index in [-0.39, 0.29) is 35.7 Å². The third-order valence-electron chi connectivity index (χ3n) is 14.9. The predicted molar refractivity (Wildman–Crippen MR) is 220 cm³/mol. The molecule has 0 bridgehead atoms. The molecule has 1 aliphatic carbocycles. The van der Waals surface area contributed by atoms with Crippen molar-refractivity contribution in [1.82, 2.24) is 35.2 Å². The van der Waals surface area contributed by atoms with Crippen LogP contribution in [0.2, 0.25) is 0 Å². The average molecular weight is 838 g/mol. The average Bonchev–Trinajstić information content (AvgIpc) is 3.85. The number of nitrogens with zero attached hydrogens (tertiary/aromatic N) is 7. The number of carbonyl (C=O) groups is 3. The molecule has 4 aromatic rings. The summed E-state index contributed by atoms with van der Waals surface area (Å²) in [7, 11) is 0. The molecule has 3 amide bonds. The fourth-order valence-corrected chi connectivity index (χ4v) is 11.8. The highest BCUT2D eigenvalue weighted by Gasteiger charge is 2.47. The number of hydrogen-bond acceptors (Lipinski definition) is 10. The molecule has 0 unspecified atom stereocenters. The van der Waals surface area contributed by atoms with Gasteiger partial charge in [0.25, 0.3) is 5.91 Å². The van der Waals surface area contributed by atoms with Crippen LogP contribution in [0.3, 0.4) is 0 Å². The predicted octanol–water partition coefficient (Wildman–Crippen LogP) is 5.20. The Morgan fingerprint density at radius 3 is 2.56 bits per heavy atom. The quantitative estimate of drug-likeness (QED) is 0.250. The largest absolute Gasteiger partial charge is 0.489 e. The van der Waals surface area contributed by atoms with E-state index in [1.807, 2.05) is 43.3 Å². The molecule has 7 aliphatic rings. The first-order chi connectivity index (χ1) is 29.4. The van der Waals surface area contributed by atoms with Gasteiger partial charge in [0.1, 0.15) is 24.2 Å². The molecule has 61 heavy (non-hydrogen) atoms. The smallest absolute Gasteiger partial charge is 0.401 e. The Hall–Kier alpha value is -5.22. The zero-order chi connectivity index (χ0) is 41.8. The molecule has 6 aliphatic heterocycles. The minimum absolute atomic E-state index is 0.187. The number of carbonyl (C=O) groups excluding carboxylic acids is 3. The second kappa shape index (κ2) is 14.4. The number of aromatic amines is 1. The van der Waals surface area contributed by atoms with Gasteiger partial charge >= 0.3 is 6.18 Å². The summed E-state index contributed by atoms with van der Waals surface area (Å²) in [5, 5.41) is 10.5. The molecule has 2 N–H and O–H groups in total. The summed E-state index contributed by atoms with van der Waals surface area (Å²) in [6, 6.07) is 10.4. The Bertz CT molecular complexity index is 2410. The van der Waals surface area contributed by atoms with E-state index in [0.29, 0.717) is 37.5 Å². The van der Waals surface area contributed by atoms with E-state index in [1.54, 1.807) is 22.2 Å². The molecule has 13 nitrogen and oxygen atoms in total. The second-order valence-corrected chi connectivity index (χ2v) is 18.7. The van der Waals surface area contributed by atoms with Gasteiger partial charge in [-0.1, -0.05) is 12.1 Å². The third-order valence-corrected chi connectivity index (χ3v) is 14.9. The number of piperazine rings is 1. The van der Waals surface area contributed by atoms with Crippen molar-refractivity contribution in [1.29, 1.82) is 0 Å². The maximum absolute atomic E-state index is 13.9. The van der Waals surface area contributed by atoms with E-state index >= 15 is 0 Å². The first-order valence-corrected chi connectivity index (χ1v) is 21.8. The van der Waals surface area contributed by atoms with Crippen molar-refractivity contribution in [2.24, 2.45) is 11.3 Å². The molecular formula is C45H50F3N9O4. The van der Waals surface area contributed by atoms with Gasteiger partial charge in [-0.3, -0.25) is 34.6 Å². The monoisotopic (exact) mass is 837 g/mol. The molecule has 2 aromatic heterocycles. The lowest BCUT2D eigenvalue weighted by molar-refractivity contribution is -0.155. The fraction of sp³-hybridized carbons (Fsp3) is 0.533. The van der Waals surface area contributed by atoms with Gasteiger partial charge in [-0.2, -0.15) is 18.3 Å². The van der Waals surface area contributed by atoms with Gasteiger partial charge < -0.3 is 19.4 Å². The van der Waals surface area contributed by atoms with Crippen LogP contribution in [0.4, 0.5) is 24.7 Å². The van der Waals surface area contributed by atoms with Crippen LogP contribution in [0.15, 0.2) is 48.8 Å². The standard InChI is InChI=1S/C45H50F3N9O4/c1-26-16-32-30(3-5-35-33(32)18-50-52-35)40(57(26)25-45(46,47)48)28-2-8-38(49-17-28)54-23-44(24-54)12-10-27(11-13-44)19-53-14-15-55-29(20-53)22-61-41-34-21-56(37-7-9-39(58)51-42(37)59)43(60)31(34)4-6-36(41)55/h2-6,8,17-18,26-27,29,37,40H,7,9-16,19-25H2,1H3,(H,50,52)(H,51,58,59)/t26-,29-,37+,40-/m1/s1. The molecule has 0 radical (unpaired) electrons. The van der Waals surface area contributed by atoms with Crippen molar-refractivity contribution < 1.29 is 32.3 Å². The van der Waals surface area contributed by atoms with Crippen LogP contribution in [0, 0.1) is 11.3 Å². The van der Waals surface area contributed by atoms with Crippen molar-refractivity contribution >= 4 is 40.1 Å².